The Morgan fingerprint density at radius 1 is 1.07 bits per heavy atom. The maximum absolute atomic E-state index is 12.6. The molecule has 150 valence electrons. The Labute approximate surface area is 170 Å². The second kappa shape index (κ2) is 9.82. The van der Waals surface area contributed by atoms with Gasteiger partial charge in [0.05, 0.1) is 18.7 Å². The number of quaternary nitrogens is 2. The first-order chi connectivity index (χ1) is 13.6. The van der Waals surface area contributed by atoms with E-state index in [2.05, 4.69) is 12.2 Å². The van der Waals surface area contributed by atoms with Gasteiger partial charge in [-0.05, 0) is 25.5 Å². The van der Waals surface area contributed by atoms with Crippen LogP contribution in [0.5, 0.6) is 0 Å². The van der Waals surface area contributed by atoms with Crippen LogP contribution in [-0.2, 0) is 9.53 Å². The molecule has 0 unspecified atom stereocenters. The molecule has 2 heterocycles. The lowest BCUT2D eigenvalue weighted by molar-refractivity contribution is -1.01. The minimum Gasteiger partial charge on any atom is -0.462 e. The average Bonchev–Trinajstić information content (AvgIpc) is 3.13. The zero-order chi connectivity index (χ0) is 19.9. The number of ether oxygens (including phenoxy) is 1. The van der Waals surface area contributed by atoms with Crippen LogP contribution in [0.25, 0.3) is 10.4 Å². The summed E-state index contributed by atoms with van der Waals surface area (Å²) in [6.07, 6.45) is 0. The lowest BCUT2D eigenvalue weighted by Gasteiger charge is -2.28. The molecule has 1 amide bonds. The number of anilines is 1. The summed E-state index contributed by atoms with van der Waals surface area (Å²) in [5.41, 5.74) is 1.44. The fraction of sp³-hybridized carbons (Fsp3) is 0.429. The van der Waals surface area contributed by atoms with Crippen molar-refractivity contribution in [1.82, 2.24) is 0 Å². The molecular weight excluding hydrogens is 374 g/mol. The van der Waals surface area contributed by atoms with Gasteiger partial charge in [0.1, 0.15) is 31.2 Å². The Hall–Kier alpha value is -2.22. The number of hydrogen-bond acceptors (Lipinski definition) is 4. The van der Waals surface area contributed by atoms with Crippen LogP contribution in [0.4, 0.5) is 5.00 Å². The number of piperazine rings is 1. The normalized spacial score (nSPS) is 19.2. The molecule has 0 atom stereocenters. The third-order valence-corrected chi connectivity index (χ3v) is 6.21. The van der Waals surface area contributed by atoms with E-state index in [9.17, 15) is 9.59 Å². The van der Waals surface area contributed by atoms with Gasteiger partial charge in [-0.1, -0.05) is 30.3 Å². The largest absolute Gasteiger partial charge is 0.462 e. The highest BCUT2D eigenvalue weighted by molar-refractivity contribution is 7.20. The van der Waals surface area contributed by atoms with Crippen molar-refractivity contribution in [1.29, 1.82) is 0 Å². The Bertz CT molecular complexity index is 798. The molecule has 7 heteroatoms. The summed E-state index contributed by atoms with van der Waals surface area (Å²) < 4.78 is 5.18. The predicted molar refractivity (Wildman–Crippen MR) is 111 cm³/mol. The molecular formula is C21H29N3O3S+2. The van der Waals surface area contributed by atoms with Crippen LogP contribution >= 0.6 is 11.3 Å². The zero-order valence-electron chi connectivity index (χ0n) is 16.5. The molecule has 3 rings (SSSR count). The number of likely N-dealkylation sites (N-methyl/N-ethyl adjacent to an activating group) is 1. The highest BCUT2D eigenvalue weighted by Gasteiger charge is 2.25. The number of carbonyl (C=O) groups is 2. The number of thiophene rings is 1. The van der Waals surface area contributed by atoms with Crippen LogP contribution in [0.3, 0.4) is 0 Å². The Morgan fingerprint density at radius 3 is 2.39 bits per heavy atom. The number of benzene rings is 1. The number of rotatable bonds is 7. The molecule has 0 aliphatic carbocycles. The van der Waals surface area contributed by atoms with Crippen LogP contribution in [0.1, 0.15) is 24.2 Å². The van der Waals surface area contributed by atoms with E-state index in [1.165, 1.54) is 16.2 Å². The van der Waals surface area contributed by atoms with Crippen molar-refractivity contribution in [2.24, 2.45) is 0 Å². The highest BCUT2D eigenvalue weighted by atomic mass is 32.1. The molecule has 28 heavy (non-hydrogen) atoms. The molecule has 3 N–H and O–H groups in total. The quantitative estimate of drug-likeness (QED) is 0.584. The van der Waals surface area contributed by atoms with E-state index in [1.54, 1.807) is 11.8 Å². The standard InChI is InChI=1S/C21H27N3O3S/c1-3-23-10-12-24(13-11-23)15-19(25)22-20-17(21(26)27-4-2)14-18(28-20)16-8-6-5-7-9-16/h5-9,14H,3-4,10-13,15H2,1-2H3,(H,22,25)/p+2. The first-order valence-electron chi connectivity index (χ1n) is 9.94. The molecule has 0 bridgehead atoms. The summed E-state index contributed by atoms with van der Waals surface area (Å²) >= 11 is 1.42. The van der Waals surface area contributed by atoms with E-state index in [4.69, 9.17) is 4.74 Å². The van der Waals surface area contributed by atoms with Crippen molar-refractivity contribution in [2.45, 2.75) is 13.8 Å². The molecule has 1 aromatic carbocycles. The van der Waals surface area contributed by atoms with Gasteiger partial charge in [0.2, 0.25) is 0 Å². The number of carbonyl (C=O) groups excluding carboxylic acids is 2. The fourth-order valence-corrected chi connectivity index (χ4v) is 4.54. The predicted octanol–water partition coefficient (Wildman–Crippen LogP) is 0.334. The van der Waals surface area contributed by atoms with E-state index in [1.807, 2.05) is 36.4 Å². The summed E-state index contributed by atoms with van der Waals surface area (Å²) in [5.74, 6) is -0.453. The number of nitrogens with one attached hydrogen (secondary N) is 3. The number of hydrogen-bond donors (Lipinski definition) is 3. The molecule has 2 aromatic rings. The maximum Gasteiger partial charge on any atom is 0.341 e. The summed E-state index contributed by atoms with van der Waals surface area (Å²) in [6, 6.07) is 11.7. The molecule has 1 aliphatic heterocycles. The van der Waals surface area contributed by atoms with Gasteiger partial charge < -0.3 is 19.9 Å². The Morgan fingerprint density at radius 2 is 1.75 bits per heavy atom. The van der Waals surface area contributed by atoms with Crippen LogP contribution in [0, 0.1) is 0 Å². The molecule has 6 nitrogen and oxygen atoms in total. The van der Waals surface area contributed by atoms with E-state index in [0.717, 1.165) is 43.2 Å². The van der Waals surface area contributed by atoms with E-state index in [0.29, 0.717) is 23.7 Å². The zero-order valence-corrected chi connectivity index (χ0v) is 17.4. The van der Waals surface area contributed by atoms with Crippen molar-refractivity contribution in [2.75, 3.05) is 51.2 Å². The summed E-state index contributed by atoms with van der Waals surface area (Å²) in [6.45, 7) is 10.1. The van der Waals surface area contributed by atoms with Gasteiger partial charge in [0.25, 0.3) is 5.91 Å². The number of esters is 1. The third kappa shape index (κ3) is 5.19. The van der Waals surface area contributed by atoms with Crippen molar-refractivity contribution in [3.05, 3.63) is 42.0 Å². The van der Waals surface area contributed by atoms with Gasteiger partial charge in [-0.3, -0.25) is 4.79 Å². The second-order valence-electron chi connectivity index (χ2n) is 7.02. The molecule has 1 fully saturated rings. The second-order valence-corrected chi connectivity index (χ2v) is 8.07. The molecule has 0 spiro atoms. The highest BCUT2D eigenvalue weighted by Crippen LogP contribution is 2.35. The SMILES string of the molecule is CCOC(=O)c1cc(-c2ccccc2)sc1NC(=O)C[NH+]1CC[NH+](CC)CC1. The van der Waals surface area contributed by atoms with Crippen molar-refractivity contribution >= 4 is 28.2 Å². The monoisotopic (exact) mass is 403 g/mol. The fourth-order valence-electron chi connectivity index (χ4n) is 3.47. The van der Waals surface area contributed by atoms with Crippen LogP contribution < -0.4 is 15.1 Å². The van der Waals surface area contributed by atoms with E-state index in [-0.39, 0.29) is 5.91 Å². The molecule has 0 radical (unpaired) electrons. The third-order valence-electron chi connectivity index (χ3n) is 5.11. The van der Waals surface area contributed by atoms with Gasteiger partial charge >= 0.3 is 5.97 Å². The minimum atomic E-state index is -0.399. The smallest absolute Gasteiger partial charge is 0.341 e. The van der Waals surface area contributed by atoms with Crippen LogP contribution in [0.2, 0.25) is 0 Å². The maximum atomic E-state index is 12.6. The first-order valence-corrected chi connectivity index (χ1v) is 10.8. The van der Waals surface area contributed by atoms with Crippen LogP contribution in [-0.4, -0.2) is 57.8 Å². The van der Waals surface area contributed by atoms with Gasteiger partial charge in [-0.2, -0.15) is 0 Å². The number of amides is 1. The lowest BCUT2D eigenvalue weighted by atomic mass is 10.1. The van der Waals surface area contributed by atoms with E-state index < -0.39 is 5.97 Å². The van der Waals surface area contributed by atoms with Crippen molar-refractivity contribution in [3.63, 3.8) is 0 Å². The van der Waals surface area contributed by atoms with Crippen LogP contribution in [0.15, 0.2) is 36.4 Å². The first kappa shape index (κ1) is 20.5. The van der Waals surface area contributed by atoms with Gasteiger partial charge in [0.15, 0.2) is 6.54 Å². The van der Waals surface area contributed by atoms with Gasteiger partial charge in [0, 0.05) is 4.88 Å². The molecule has 1 aromatic heterocycles. The van der Waals surface area contributed by atoms with Gasteiger partial charge in [-0.15, -0.1) is 11.3 Å². The Kier molecular flexibility index (Phi) is 7.19. The van der Waals surface area contributed by atoms with E-state index >= 15 is 0 Å². The van der Waals surface area contributed by atoms with Gasteiger partial charge in [-0.25, -0.2) is 4.79 Å². The average molecular weight is 404 g/mol. The molecule has 1 aliphatic rings. The summed E-state index contributed by atoms with van der Waals surface area (Å²) in [4.78, 5) is 28.8. The topological polar surface area (TPSA) is 64.3 Å². The summed E-state index contributed by atoms with van der Waals surface area (Å²) in [5, 5.41) is 3.53. The van der Waals surface area contributed by atoms with Crippen molar-refractivity contribution < 1.29 is 24.1 Å². The Balaban J connectivity index is 1.71. The molecule has 0 saturated carbocycles. The van der Waals surface area contributed by atoms with Crippen molar-refractivity contribution in [3.8, 4) is 10.4 Å². The minimum absolute atomic E-state index is 0.0537. The molecule has 1 saturated heterocycles. The summed E-state index contributed by atoms with van der Waals surface area (Å²) in [7, 11) is 0. The lowest BCUT2D eigenvalue weighted by Crippen LogP contribution is -3.28.